The molecule has 0 spiro atoms. The van der Waals surface area contributed by atoms with Crippen LogP contribution in [0, 0.1) is 0 Å². The molecule has 4 aromatic heterocycles. The molecule has 0 saturated heterocycles. The molecule has 0 atom stereocenters. The van der Waals surface area contributed by atoms with Crippen molar-refractivity contribution in [3.63, 3.8) is 0 Å². The van der Waals surface area contributed by atoms with E-state index in [1.165, 1.54) is 0 Å². The molecular formula is C21H15ClF6N6O6S2. The highest BCUT2D eigenvalue weighted by molar-refractivity contribution is 7.91. The van der Waals surface area contributed by atoms with Gasteiger partial charge in [0.25, 0.3) is 5.56 Å². The van der Waals surface area contributed by atoms with Crippen molar-refractivity contribution in [3.05, 3.63) is 75.2 Å². The number of H-pyrrole nitrogens is 1. The Morgan fingerprint density at radius 2 is 1.36 bits per heavy atom. The van der Waals surface area contributed by atoms with Gasteiger partial charge in [-0.25, -0.2) is 36.2 Å². The van der Waals surface area contributed by atoms with Crippen molar-refractivity contribution < 1.29 is 48.0 Å². The smallest absolute Gasteiger partial charge is 0.298 e. The highest BCUT2D eigenvalue weighted by Crippen LogP contribution is 2.34. The van der Waals surface area contributed by atoms with Gasteiger partial charge in [0.15, 0.2) is 43.3 Å². The summed E-state index contributed by atoms with van der Waals surface area (Å²) < 4.78 is 122. The maximum Gasteiger partial charge on any atom is 0.435 e. The molecule has 0 saturated carbocycles. The fourth-order valence-electron chi connectivity index (χ4n) is 3.03. The number of halogens is 7. The lowest BCUT2D eigenvalue weighted by Gasteiger charge is -2.04. The summed E-state index contributed by atoms with van der Waals surface area (Å²) in [4.78, 5) is 29.4. The van der Waals surface area contributed by atoms with Gasteiger partial charge in [-0.05, 0) is 24.3 Å². The number of aldehydes is 1. The molecule has 1 N–H and O–H groups in total. The fraction of sp³-hybridized carbons (Fsp3) is 0.190. The van der Waals surface area contributed by atoms with Gasteiger partial charge in [-0.3, -0.25) is 14.7 Å². The Bertz CT molecular complexity index is 1900. The monoisotopic (exact) mass is 660 g/mol. The fourth-order valence-corrected chi connectivity index (χ4v) is 4.40. The number of hydrogen-bond donors (Lipinski definition) is 1. The molecule has 21 heteroatoms. The van der Waals surface area contributed by atoms with E-state index in [0.717, 1.165) is 49.2 Å². The highest BCUT2D eigenvalue weighted by Gasteiger charge is 2.39. The quantitative estimate of drug-likeness (QED) is 0.250. The van der Waals surface area contributed by atoms with Gasteiger partial charge in [0.1, 0.15) is 10.8 Å². The first-order chi connectivity index (χ1) is 19.1. The van der Waals surface area contributed by atoms with Crippen LogP contribution in [0.3, 0.4) is 0 Å². The van der Waals surface area contributed by atoms with Crippen molar-refractivity contribution in [2.45, 2.75) is 22.1 Å². The van der Waals surface area contributed by atoms with Crippen LogP contribution < -0.4 is 5.56 Å². The van der Waals surface area contributed by atoms with Crippen LogP contribution in [0.2, 0.25) is 5.15 Å². The topological polar surface area (TPSA) is 167 Å². The second kappa shape index (κ2) is 11.3. The molecule has 0 bridgehead atoms. The summed E-state index contributed by atoms with van der Waals surface area (Å²) in [7, 11) is -6.97. The third-order valence-corrected chi connectivity index (χ3v) is 7.58. The molecule has 0 radical (unpaired) electrons. The normalized spacial score (nSPS) is 12.5. The van der Waals surface area contributed by atoms with Gasteiger partial charge in [0.2, 0.25) is 0 Å². The Morgan fingerprint density at radius 3 is 1.69 bits per heavy atom. The molecule has 12 nitrogen and oxygen atoms in total. The number of aromatic nitrogens is 6. The molecule has 4 rings (SSSR count). The molecule has 0 aliphatic rings. The Balaban J connectivity index is 0.000000231. The Labute approximate surface area is 236 Å². The SMILES string of the molecule is CS(=O)(=O)c1ccc(-n2[nH]c(C(F)(F)F)cc2=O)nc1.CS(=O)(=O)c1ccc(-n2nc(C(F)(F)F)c(C=O)c2Cl)nc1. The van der Waals surface area contributed by atoms with Crippen molar-refractivity contribution in [1.29, 1.82) is 0 Å². The van der Waals surface area contributed by atoms with Crippen LogP contribution in [0.4, 0.5) is 26.3 Å². The molecule has 0 unspecified atom stereocenters. The minimum absolute atomic E-state index is 0.0560. The van der Waals surface area contributed by atoms with E-state index in [0.29, 0.717) is 15.4 Å². The van der Waals surface area contributed by atoms with Crippen LogP contribution in [0.25, 0.3) is 11.6 Å². The molecule has 4 heterocycles. The number of carbonyl (C=O) groups excluding carboxylic acids is 1. The lowest BCUT2D eigenvalue weighted by Crippen LogP contribution is -2.15. The number of sulfone groups is 2. The Morgan fingerprint density at radius 1 is 0.857 bits per heavy atom. The van der Waals surface area contributed by atoms with Crippen molar-refractivity contribution >= 4 is 37.6 Å². The van der Waals surface area contributed by atoms with Gasteiger partial charge in [-0.1, -0.05) is 11.6 Å². The van der Waals surface area contributed by atoms with E-state index in [9.17, 15) is 52.8 Å². The molecule has 0 fully saturated rings. The minimum Gasteiger partial charge on any atom is -0.298 e. The summed E-state index contributed by atoms with van der Waals surface area (Å²) in [5, 5.41) is 4.53. The van der Waals surface area contributed by atoms with E-state index in [1.807, 2.05) is 5.10 Å². The standard InChI is InChI=1S/C11H7ClF3N3O3S.C10H8F3N3O3S/c1-22(20,21)6-2-3-8(16-4-6)18-10(12)7(5-19)9(17-18)11(13,14)15;1-20(18,19)6-2-3-8(14-5-6)16-9(17)4-7(15-16)10(11,12)13/h2-5H,1H3;2-5,15H,1H3. The van der Waals surface area contributed by atoms with E-state index in [2.05, 4.69) is 15.1 Å². The van der Waals surface area contributed by atoms with Gasteiger partial charge < -0.3 is 0 Å². The summed E-state index contributed by atoms with van der Waals surface area (Å²) in [6.45, 7) is 0. The van der Waals surface area contributed by atoms with Crippen LogP contribution in [0.1, 0.15) is 21.7 Å². The minimum atomic E-state index is -4.86. The number of alkyl halides is 6. The van der Waals surface area contributed by atoms with Crippen molar-refractivity contribution in [2.24, 2.45) is 0 Å². The van der Waals surface area contributed by atoms with Crippen LogP contribution in [0.5, 0.6) is 0 Å². The van der Waals surface area contributed by atoms with Crippen molar-refractivity contribution in [1.82, 2.24) is 29.5 Å². The number of nitrogens with one attached hydrogen (secondary N) is 1. The van der Waals surface area contributed by atoms with Crippen LogP contribution in [-0.4, -0.2) is 65.2 Å². The summed E-state index contributed by atoms with van der Waals surface area (Å²) in [6.07, 6.45) is -5.76. The van der Waals surface area contributed by atoms with E-state index in [-0.39, 0.29) is 27.7 Å². The number of carbonyl (C=O) groups is 1. The Kier molecular flexibility index (Phi) is 8.76. The maximum atomic E-state index is 12.8. The number of rotatable bonds is 5. The highest BCUT2D eigenvalue weighted by atomic mass is 35.5. The predicted octanol–water partition coefficient (Wildman–Crippen LogP) is 3.14. The molecule has 0 amide bonds. The molecule has 0 aliphatic carbocycles. The summed E-state index contributed by atoms with van der Waals surface area (Å²) in [5.74, 6) is -0.297. The molecule has 0 aliphatic heterocycles. The molecule has 226 valence electrons. The summed E-state index contributed by atoms with van der Waals surface area (Å²) in [5.41, 5.74) is -4.42. The third kappa shape index (κ3) is 7.23. The largest absolute Gasteiger partial charge is 0.435 e. The lowest BCUT2D eigenvalue weighted by molar-refractivity contribution is -0.142. The average molecular weight is 661 g/mol. The van der Waals surface area contributed by atoms with Gasteiger partial charge >= 0.3 is 12.4 Å². The van der Waals surface area contributed by atoms with Crippen LogP contribution >= 0.6 is 11.6 Å². The first-order valence-corrected chi connectivity index (χ1v) is 14.8. The Hall–Kier alpha value is -4.04. The first-order valence-electron chi connectivity index (χ1n) is 10.7. The average Bonchev–Trinajstić information content (AvgIpc) is 3.43. The first kappa shape index (κ1) is 32.5. The van der Waals surface area contributed by atoms with E-state index >= 15 is 0 Å². The number of aromatic amines is 1. The molecule has 0 aromatic carbocycles. The third-order valence-electron chi connectivity index (χ3n) is 5.02. The zero-order chi connectivity index (χ0) is 31.8. The van der Waals surface area contributed by atoms with Gasteiger partial charge in [0.05, 0.1) is 15.4 Å². The van der Waals surface area contributed by atoms with Gasteiger partial charge in [0, 0.05) is 31.0 Å². The van der Waals surface area contributed by atoms with E-state index in [1.54, 1.807) is 0 Å². The number of hydrogen-bond acceptors (Lipinski definition) is 9. The second-order valence-corrected chi connectivity index (χ2v) is 12.6. The second-order valence-electron chi connectivity index (χ2n) is 8.17. The van der Waals surface area contributed by atoms with Gasteiger partial charge in [-0.15, -0.1) is 0 Å². The molecular weight excluding hydrogens is 646 g/mol. The molecule has 4 aromatic rings. The van der Waals surface area contributed by atoms with E-state index in [4.69, 9.17) is 11.6 Å². The van der Waals surface area contributed by atoms with Crippen LogP contribution in [0.15, 0.2) is 57.3 Å². The number of nitrogens with zero attached hydrogens (tertiary/aromatic N) is 5. The zero-order valence-electron chi connectivity index (χ0n) is 20.8. The van der Waals surface area contributed by atoms with E-state index < -0.39 is 59.7 Å². The van der Waals surface area contributed by atoms with Crippen molar-refractivity contribution in [2.75, 3.05) is 12.5 Å². The summed E-state index contributed by atoms with van der Waals surface area (Å²) >= 11 is 5.71. The van der Waals surface area contributed by atoms with Gasteiger partial charge in [-0.2, -0.15) is 31.4 Å². The number of pyridine rings is 2. The lowest BCUT2D eigenvalue weighted by atomic mass is 10.2. The zero-order valence-corrected chi connectivity index (χ0v) is 23.2. The van der Waals surface area contributed by atoms with Crippen molar-refractivity contribution in [3.8, 4) is 11.6 Å². The summed E-state index contributed by atoms with van der Waals surface area (Å²) in [6, 6.07) is 4.95. The maximum absolute atomic E-state index is 12.8. The predicted molar refractivity (Wildman–Crippen MR) is 132 cm³/mol. The van der Waals surface area contributed by atoms with Crippen LogP contribution in [-0.2, 0) is 32.0 Å². The molecule has 42 heavy (non-hydrogen) atoms.